The van der Waals surface area contributed by atoms with Gasteiger partial charge in [-0.25, -0.2) is 0 Å². The van der Waals surface area contributed by atoms with Crippen LogP contribution in [0.25, 0.3) is 0 Å². The molecule has 0 saturated heterocycles. The van der Waals surface area contributed by atoms with Crippen molar-refractivity contribution in [2.75, 3.05) is 0 Å². The second-order valence-electron chi connectivity index (χ2n) is 7.71. The average molecular weight is 405 g/mol. The Labute approximate surface area is 181 Å². The summed E-state index contributed by atoms with van der Waals surface area (Å²) in [4.78, 5) is 18.8. The Kier molecular flexibility index (Phi) is 29.5. The summed E-state index contributed by atoms with van der Waals surface area (Å²) in [5.41, 5.74) is 0.729. The number of aldehydes is 2. The van der Waals surface area contributed by atoms with Crippen molar-refractivity contribution < 1.29 is 9.59 Å². The van der Waals surface area contributed by atoms with Crippen molar-refractivity contribution in [2.45, 2.75) is 124 Å². The molecule has 0 unspecified atom stereocenters. The Morgan fingerprint density at radius 3 is 1.03 bits per heavy atom. The highest BCUT2D eigenvalue weighted by Crippen LogP contribution is 2.13. The van der Waals surface area contributed by atoms with Crippen molar-refractivity contribution in [3.63, 3.8) is 0 Å². The zero-order valence-electron chi connectivity index (χ0n) is 19.7. The minimum Gasteiger partial charge on any atom is -0.304 e. The lowest BCUT2D eigenvalue weighted by Gasteiger charge is -2.03. The minimum atomic E-state index is 0.729. The van der Waals surface area contributed by atoms with Gasteiger partial charge in [0.1, 0.15) is 12.6 Å². The molecule has 168 valence electrons. The molecular formula is C27H48O2. The zero-order valence-corrected chi connectivity index (χ0v) is 19.7. The number of hydrogen-bond donors (Lipinski definition) is 0. The number of carbonyl (C=O) groups is 2. The predicted molar refractivity (Wildman–Crippen MR) is 129 cm³/mol. The van der Waals surface area contributed by atoms with Gasteiger partial charge in [0.25, 0.3) is 0 Å². The molecule has 1 rings (SSSR count). The van der Waals surface area contributed by atoms with E-state index in [0.29, 0.717) is 0 Å². The summed E-state index contributed by atoms with van der Waals surface area (Å²) >= 11 is 0. The molecule has 0 fully saturated rings. The van der Waals surface area contributed by atoms with Crippen LogP contribution in [0.15, 0.2) is 30.3 Å². The lowest BCUT2D eigenvalue weighted by Crippen LogP contribution is -1.83. The molecule has 0 N–H and O–H groups in total. The second-order valence-corrected chi connectivity index (χ2v) is 7.71. The summed E-state index contributed by atoms with van der Waals surface area (Å²) < 4.78 is 0. The molecule has 0 atom stereocenters. The fourth-order valence-corrected chi connectivity index (χ4v) is 3.15. The van der Waals surface area contributed by atoms with E-state index in [4.69, 9.17) is 4.79 Å². The Morgan fingerprint density at radius 1 is 0.552 bits per heavy atom. The van der Waals surface area contributed by atoms with Crippen LogP contribution < -0.4 is 0 Å². The maximum Gasteiger partial charge on any atom is 0.150 e. The quantitative estimate of drug-likeness (QED) is 0.203. The van der Waals surface area contributed by atoms with E-state index in [2.05, 4.69) is 13.8 Å². The molecule has 1 aromatic rings. The van der Waals surface area contributed by atoms with E-state index in [9.17, 15) is 4.79 Å². The number of benzene rings is 1. The van der Waals surface area contributed by atoms with E-state index >= 15 is 0 Å². The Morgan fingerprint density at radius 2 is 0.828 bits per heavy atom. The van der Waals surface area contributed by atoms with Crippen molar-refractivity contribution >= 4 is 12.6 Å². The third-order valence-corrected chi connectivity index (χ3v) is 4.89. The van der Waals surface area contributed by atoms with E-state index in [1.807, 2.05) is 18.2 Å². The summed E-state index contributed by atoms with van der Waals surface area (Å²) in [5.74, 6) is 0. The highest BCUT2D eigenvalue weighted by atomic mass is 16.1. The molecule has 2 nitrogen and oxygen atoms in total. The topological polar surface area (TPSA) is 34.1 Å². The molecule has 0 spiro atoms. The number of unbranched alkanes of at least 4 members (excludes halogenated alkanes) is 15. The van der Waals surface area contributed by atoms with E-state index in [1.54, 1.807) is 12.1 Å². The lowest BCUT2D eigenvalue weighted by molar-refractivity contribution is -0.106. The SMILES string of the molecule is CC=O.CCCCCCCCCCCCCCCCCC.O=Cc1ccccc1. The Balaban J connectivity index is 0. The van der Waals surface area contributed by atoms with Crippen molar-refractivity contribution in [3.8, 4) is 0 Å². The van der Waals surface area contributed by atoms with E-state index in [-0.39, 0.29) is 0 Å². The number of carbonyl (C=O) groups excluding carboxylic acids is 2. The van der Waals surface area contributed by atoms with Gasteiger partial charge in [0.15, 0.2) is 0 Å². The molecule has 2 heteroatoms. The van der Waals surface area contributed by atoms with Crippen LogP contribution in [0.3, 0.4) is 0 Å². The van der Waals surface area contributed by atoms with Gasteiger partial charge in [-0.05, 0) is 6.92 Å². The summed E-state index contributed by atoms with van der Waals surface area (Å²) in [7, 11) is 0. The highest BCUT2D eigenvalue weighted by Gasteiger charge is 1.93. The zero-order chi connectivity index (χ0) is 21.8. The van der Waals surface area contributed by atoms with Crippen LogP contribution >= 0.6 is 0 Å². The van der Waals surface area contributed by atoms with Crippen LogP contribution in [0, 0.1) is 0 Å². The standard InChI is InChI=1S/C18H38.C7H6O.C2H4O/c1-3-5-7-9-11-13-15-17-18-16-14-12-10-8-6-4-2;8-6-7-4-2-1-3-5-7;1-2-3/h3-18H2,1-2H3;1-6H;2H,1H3. The van der Waals surface area contributed by atoms with Crippen molar-refractivity contribution in [1.82, 2.24) is 0 Å². The van der Waals surface area contributed by atoms with Gasteiger partial charge >= 0.3 is 0 Å². The molecule has 0 bridgehead atoms. The van der Waals surface area contributed by atoms with Gasteiger partial charge in [-0.2, -0.15) is 0 Å². The molecule has 29 heavy (non-hydrogen) atoms. The molecule has 0 aliphatic rings. The van der Waals surface area contributed by atoms with Crippen molar-refractivity contribution in [3.05, 3.63) is 35.9 Å². The fraction of sp³-hybridized carbons (Fsp3) is 0.704. The number of hydrogen-bond acceptors (Lipinski definition) is 2. The van der Waals surface area contributed by atoms with Gasteiger partial charge in [0, 0.05) is 5.56 Å². The third kappa shape index (κ3) is 28.9. The Hall–Kier alpha value is -1.44. The third-order valence-electron chi connectivity index (χ3n) is 4.89. The monoisotopic (exact) mass is 404 g/mol. The molecule has 1 aromatic carbocycles. The van der Waals surface area contributed by atoms with Crippen LogP contribution in [0.4, 0.5) is 0 Å². The lowest BCUT2D eigenvalue weighted by atomic mass is 10.0. The van der Waals surface area contributed by atoms with Gasteiger partial charge in [-0.15, -0.1) is 0 Å². The summed E-state index contributed by atoms with van der Waals surface area (Å²) in [5, 5.41) is 0. The molecule has 0 saturated carbocycles. The summed E-state index contributed by atoms with van der Waals surface area (Å²) in [6.45, 7) is 6.03. The fourth-order valence-electron chi connectivity index (χ4n) is 3.15. The van der Waals surface area contributed by atoms with E-state index in [1.165, 1.54) is 110 Å². The normalized spacial score (nSPS) is 9.62. The predicted octanol–water partition coefficient (Wildman–Crippen LogP) is 8.97. The molecular weight excluding hydrogens is 356 g/mol. The van der Waals surface area contributed by atoms with Gasteiger partial charge in [-0.3, -0.25) is 4.79 Å². The van der Waals surface area contributed by atoms with Crippen molar-refractivity contribution in [1.29, 1.82) is 0 Å². The maximum atomic E-state index is 10.0. The maximum absolute atomic E-state index is 10.0. The summed E-state index contributed by atoms with van der Waals surface area (Å²) in [6, 6.07) is 9.10. The van der Waals surface area contributed by atoms with Crippen LogP contribution in [0.1, 0.15) is 134 Å². The first kappa shape index (κ1) is 29.8. The van der Waals surface area contributed by atoms with Crippen LogP contribution in [-0.2, 0) is 4.79 Å². The molecule has 0 heterocycles. The van der Waals surface area contributed by atoms with Gasteiger partial charge in [0.2, 0.25) is 0 Å². The van der Waals surface area contributed by atoms with Crippen LogP contribution in [0.2, 0.25) is 0 Å². The smallest absolute Gasteiger partial charge is 0.150 e. The first-order valence-electron chi connectivity index (χ1n) is 12.2. The first-order chi connectivity index (χ1) is 14.3. The molecule has 0 aliphatic heterocycles. The largest absolute Gasteiger partial charge is 0.304 e. The molecule has 0 amide bonds. The van der Waals surface area contributed by atoms with E-state index in [0.717, 1.165) is 18.1 Å². The van der Waals surface area contributed by atoms with Gasteiger partial charge < -0.3 is 4.79 Å². The number of rotatable bonds is 16. The first-order valence-corrected chi connectivity index (χ1v) is 12.2. The van der Waals surface area contributed by atoms with Crippen LogP contribution in [0.5, 0.6) is 0 Å². The second kappa shape index (κ2) is 28.8. The molecule has 0 radical (unpaired) electrons. The average Bonchev–Trinajstić information content (AvgIpc) is 2.75. The van der Waals surface area contributed by atoms with E-state index < -0.39 is 0 Å². The molecule has 0 aromatic heterocycles. The minimum absolute atomic E-state index is 0.729. The summed E-state index contributed by atoms with van der Waals surface area (Å²) in [6.07, 6.45) is 25.0. The highest BCUT2D eigenvalue weighted by molar-refractivity contribution is 5.74. The van der Waals surface area contributed by atoms with Crippen molar-refractivity contribution in [2.24, 2.45) is 0 Å². The van der Waals surface area contributed by atoms with Crippen LogP contribution in [-0.4, -0.2) is 12.6 Å². The molecule has 0 aliphatic carbocycles. The Bertz CT molecular complexity index is 398. The van der Waals surface area contributed by atoms with Gasteiger partial charge in [0.05, 0.1) is 0 Å². The van der Waals surface area contributed by atoms with Gasteiger partial charge in [-0.1, -0.05) is 147 Å².